The number of nitrogens with two attached hydrogens (primary N) is 1. The van der Waals surface area contributed by atoms with Crippen LogP contribution in [0.1, 0.15) is 11.3 Å². The molecule has 1 aromatic heterocycles. The van der Waals surface area contributed by atoms with Gasteiger partial charge >= 0.3 is 6.18 Å². The molecule has 0 saturated heterocycles. The minimum absolute atomic E-state index is 0.104. The number of sulfonamides is 1. The zero-order chi connectivity index (χ0) is 15.1. The van der Waals surface area contributed by atoms with Gasteiger partial charge in [-0.25, -0.2) is 18.2 Å². The first kappa shape index (κ1) is 14.5. The lowest BCUT2D eigenvalue weighted by Gasteiger charge is -2.10. The van der Waals surface area contributed by atoms with Crippen LogP contribution in [0.4, 0.5) is 13.2 Å². The topological polar surface area (TPSA) is 78.0 Å². The second-order valence-corrected chi connectivity index (χ2v) is 5.63. The largest absolute Gasteiger partial charge is 0.416 e. The molecule has 0 aliphatic rings. The van der Waals surface area contributed by atoms with Gasteiger partial charge in [-0.3, -0.25) is 0 Å². The maximum Gasteiger partial charge on any atom is 0.416 e. The Balaban J connectivity index is 2.57. The molecular weight excluding hydrogens is 295 g/mol. The second-order valence-electron chi connectivity index (χ2n) is 4.10. The third-order valence-corrected chi connectivity index (χ3v) is 3.70. The van der Waals surface area contributed by atoms with Gasteiger partial charge in [-0.05, 0) is 25.1 Å². The van der Waals surface area contributed by atoms with Crippen LogP contribution < -0.4 is 5.14 Å². The van der Waals surface area contributed by atoms with Gasteiger partial charge in [-0.1, -0.05) is 6.07 Å². The first-order chi connectivity index (χ1) is 9.10. The number of alkyl halides is 3. The summed E-state index contributed by atoms with van der Waals surface area (Å²) < 4.78 is 61.5. The van der Waals surface area contributed by atoms with Crippen LogP contribution in [-0.4, -0.2) is 18.2 Å². The fraction of sp³-hybridized carbons (Fsp3) is 0.182. The molecule has 0 radical (unpaired) electrons. The van der Waals surface area contributed by atoms with E-state index in [1.165, 1.54) is 19.1 Å². The smallest absolute Gasteiger partial charge is 0.237 e. The molecule has 0 fully saturated rings. The van der Waals surface area contributed by atoms with Gasteiger partial charge in [0, 0.05) is 0 Å². The van der Waals surface area contributed by atoms with Crippen molar-refractivity contribution in [3.05, 3.63) is 41.7 Å². The summed E-state index contributed by atoms with van der Waals surface area (Å²) in [6, 6.07) is 4.41. The Morgan fingerprint density at radius 3 is 2.45 bits per heavy atom. The summed E-state index contributed by atoms with van der Waals surface area (Å²) in [7, 11) is -3.96. The van der Waals surface area contributed by atoms with Crippen LogP contribution in [0.2, 0.25) is 0 Å². The van der Waals surface area contributed by atoms with Gasteiger partial charge in [0.25, 0.3) is 0 Å². The Hall–Kier alpha value is -1.87. The monoisotopic (exact) mass is 305 g/mol. The van der Waals surface area contributed by atoms with E-state index < -0.39 is 21.8 Å². The van der Waals surface area contributed by atoms with E-state index in [0.29, 0.717) is 0 Å². The van der Waals surface area contributed by atoms with Crippen molar-refractivity contribution in [3.8, 4) is 5.69 Å². The molecule has 1 aromatic carbocycles. The number of hydrogen-bond donors (Lipinski definition) is 1. The lowest BCUT2D eigenvalue weighted by Crippen LogP contribution is -2.13. The molecule has 9 heteroatoms. The van der Waals surface area contributed by atoms with E-state index in [0.717, 1.165) is 23.0 Å². The van der Waals surface area contributed by atoms with Crippen molar-refractivity contribution < 1.29 is 21.6 Å². The highest BCUT2D eigenvalue weighted by Crippen LogP contribution is 2.30. The standard InChI is InChI=1S/C11H10F3N3O2S/c1-7-10(20(15,18)19)6-16-17(7)9-4-2-3-8(5-9)11(12,13)14/h2-6H,1H3,(H2,15,18,19). The van der Waals surface area contributed by atoms with Crippen molar-refractivity contribution in [2.75, 3.05) is 0 Å². The SMILES string of the molecule is Cc1c(S(N)(=O)=O)cnn1-c1cccc(C(F)(F)F)c1. The number of hydrogen-bond acceptors (Lipinski definition) is 3. The van der Waals surface area contributed by atoms with Crippen molar-refractivity contribution in [1.29, 1.82) is 0 Å². The van der Waals surface area contributed by atoms with Crippen LogP contribution >= 0.6 is 0 Å². The molecule has 0 bridgehead atoms. The van der Waals surface area contributed by atoms with Crippen LogP contribution in [0.3, 0.4) is 0 Å². The van der Waals surface area contributed by atoms with Gasteiger partial charge in [0.05, 0.1) is 23.1 Å². The lowest BCUT2D eigenvalue weighted by atomic mass is 10.2. The van der Waals surface area contributed by atoms with E-state index in [9.17, 15) is 21.6 Å². The predicted molar refractivity (Wildman–Crippen MR) is 64.7 cm³/mol. The summed E-state index contributed by atoms with van der Waals surface area (Å²) >= 11 is 0. The summed E-state index contributed by atoms with van der Waals surface area (Å²) in [6.07, 6.45) is -3.48. The third kappa shape index (κ3) is 2.68. The third-order valence-electron chi connectivity index (χ3n) is 2.69. The van der Waals surface area contributed by atoms with Gasteiger partial charge in [-0.15, -0.1) is 0 Å². The highest BCUT2D eigenvalue weighted by molar-refractivity contribution is 7.89. The van der Waals surface area contributed by atoms with Gasteiger partial charge in [0.15, 0.2) is 0 Å². The predicted octanol–water partition coefficient (Wildman–Crippen LogP) is 1.85. The maximum absolute atomic E-state index is 12.6. The average molecular weight is 305 g/mol. The molecule has 5 nitrogen and oxygen atoms in total. The Morgan fingerprint density at radius 2 is 1.95 bits per heavy atom. The first-order valence-corrected chi connectivity index (χ1v) is 6.90. The molecule has 0 atom stereocenters. The second kappa shape index (κ2) is 4.60. The van der Waals surface area contributed by atoms with Crippen LogP contribution in [-0.2, 0) is 16.2 Å². The molecule has 1 heterocycles. The van der Waals surface area contributed by atoms with Crippen LogP contribution in [0.15, 0.2) is 35.4 Å². The molecule has 2 aromatic rings. The van der Waals surface area contributed by atoms with E-state index in [4.69, 9.17) is 5.14 Å². The van der Waals surface area contributed by atoms with Crippen molar-refractivity contribution in [2.24, 2.45) is 5.14 Å². The normalized spacial score (nSPS) is 12.7. The molecule has 0 saturated carbocycles. The van der Waals surface area contributed by atoms with Crippen molar-refractivity contribution in [3.63, 3.8) is 0 Å². The minimum Gasteiger partial charge on any atom is -0.237 e. The van der Waals surface area contributed by atoms with Crippen LogP contribution in [0, 0.1) is 6.92 Å². The van der Waals surface area contributed by atoms with E-state index in [-0.39, 0.29) is 16.3 Å². The lowest BCUT2D eigenvalue weighted by molar-refractivity contribution is -0.137. The molecule has 2 rings (SSSR count). The number of halogens is 3. The quantitative estimate of drug-likeness (QED) is 0.919. The van der Waals surface area contributed by atoms with Gasteiger partial charge < -0.3 is 0 Å². The van der Waals surface area contributed by atoms with Crippen molar-refractivity contribution in [2.45, 2.75) is 18.0 Å². The molecule has 20 heavy (non-hydrogen) atoms. The van der Waals surface area contributed by atoms with Crippen molar-refractivity contribution >= 4 is 10.0 Å². The molecule has 2 N–H and O–H groups in total. The van der Waals surface area contributed by atoms with Gasteiger partial charge in [0.2, 0.25) is 10.0 Å². The van der Waals surface area contributed by atoms with Crippen LogP contribution in [0.25, 0.3) is 5.69 Å². The molecule has 0 spiro atoms. The molecule has 0 aliphatic heterocycles. The highest BCUT2D eigenvalue weighted by atomic mass is 32.2. The van der Waals surface area contributed by atoms with Gasteiger partial charge in [-0.2, -0.15) is 18.3 Å². The molecular formula is C11H10F3N3O2S. The molecule has 0 aliphatic carbocycles. The van der Waals surface area contributed by atoms with Gasteiger partial charge in [0.1, 0.15) is 4.90 Å². The minimum atomic E-state index is -4.49. The summed E-state index contributed by atoms with van der Waals surface area (Å²) in [5.41, 5.74) is -0.596. The zero-order valence-electron chi connectivity index (χ0n) is 10.2. The Kier molecular flexibility index (Phi) is 3.34. The molecule has 0 unspecified atom stereocenters. The summed E-state index contributed by atoms with van der Waals surface area (Å²) in [5, 5.41) is 8.75. The fourth-order valence-electron chi connectivity index (χ4n) is 1.75. The number of benzene rings is 1. The molecule has 0 amide bonds. The number of primary sulfonamides is 1. The van der Waals surface area contributed by atoms with E-state index >= 15 is 0 Å². The van der Waals surface area contributed by atoms with E-state index in [1.807, 2.05) is 0 Å². The maximum atomic E-state index is 12.6. The Bertz CT molecular complexity index is 751. The summed E-state index contributed by atoms with van der Waals surface area (Å²) in [4.78, 5) is -0.227. The fourth-order valence-corrected chi connectivity index (χ4v) is 2.44. The number of aromatic nitrogens is 2. The zero-order valence-corrected chi connectivity index (χ0v) is 11.0. The van der Waals surface area contributed by atoms with Crippen LogP contribution in [0.5, 0.6) is 0 Å². The first-order valence-electron chi connectivity index (χ1n) is 5.36. The summed E-state index contributed by atoms with van der Waals surface area (Å²) in [5.74, 6) is 0. The van der Waals surface area contributed by atoms with E-state index in [1.54, 1.807) is 0 Å². The average Bonchev–Trinajstić information content (AvgIpc) is 2.70. The number of rotatable bonds is 2. The Labute approximate surface area is 112 Å². The van der Waals surface area contributed by atoms with E-state index in [2.05, 4.69) is 5.10 Å². The van der Waals surface area contributed by atoms with Crippen molar-refractivity contribution in [1.82, 2.24) is 9.78 Å². The highest BCUT2D eigenvalue weighted by Gasteiger charge is 2.30. The summed E-state index contributed by atoms with van der Waals surface area (Å²) in [6.45, 7) is 1.41. The Morgan fingerprint density at radius 1 is 1.30 bits per heavy atom. The molecule has 108 valence electrons. The number of nitrogens with zero attached hydrogens (tertiary/aromatic N) is 2.